The van der Waals surface area contributed by atoms with Crippen molar-refractivity contribution in [2.75, 3.05) is 39.5 Å². The summed E-state index contributed by atoms with van der Waals surface area (Å²) < 4.78 is 28.4. The molecule has 1 aromatic carbocycles. The molecular weight excluding hydrogens is 714 g/mol. The van der Waals surface area contributed by atoms with E-state index in [-0.39, 0.29) is 23.8 Å². The lowest BCUT2D eigenvalue weighted by Gasteiger charge is -2.42. The summed E-state index contributed by atoms with van der Waals surface area (Å²) in [7, 11) is 6.03. The van der Waals surface area contributed by atoms with Gasteiger partial charge >= 0.3 is 12.1 Å². The molecular formula is C37H52ClN3O10S. The summed E-state index contributed by atoms with van der Waals surface area (Å²) in [5.41, 5.74) is -0.906. The van der Waals surface area contributed by atoms with Crippen LogP contribution in [0.15, 0.2) is 35.9 Å². The number of ether oxygens (including phenoxy) is 5. The molecule has 0 saturated carbocycles. The zero-order chi connectivity index (χ0) is 38.9. The van der Waals surface area contributed by atoms with E-state index >= 15 is 0 Å². The van der Waals surface area contributed by atoms with Crippen LogP contribution in [-0.4, -0.2) is 115 Å². The Kier molecular flexibility index (Phi) is 12.7. The SMILES string of the molecule is COc1cc2cc(c1Cl)N(C)C(=O)CC(OC(=O)C(C)N(C)C(=O)C(C)(C)SC)C1(C)OC1C(C)C1CC(O)(NC(=O)O1)C(OC)C=CC=C(C)C2. The minimum Gasteiger partial charge on any atom is -0.495 e. The minimum absolute atomic E-state index is 0.0488. The minimum atomic E-state index is -1.82. The predicted molar refractivity (Wildman–Crippen MR) is 199 cm³/mol. The molecule has 3 heterocycles. The summed E-state index contributed by atoms with van der Waals surface area (Å²) in [6, 6.07) is 2.60. The van der Waals surface area contributed by atoms with Crippen LogP contribution in [0.5, 0.6) is 5.75 Å². The number of methoxy groups -OCH3 is 2. The number of anilines is 1. The van der Waals surface area contributed by atoms with Gasteiger partial charge in [0.25, 0.3) is 0 Å². The number of amides is 3. The summed E-state index contributed by atoms with van der Waals surface area (Å²) in [4.78, 5) is 56.7. The number of rotatable bonds is 7. The molecule has 0 aromatic heterocycles. The summed E-state index contributed by atoms with van der Waals surface area (Å²) in [6.07, 6.45) is 2.77. The van der Waals surface area contributed by atoms with Gasteiger partial charge in [0, 0.05) is 33.5 Å². The van der Waals surface area contributed by atoms with Gasteiger partial charge in [0.15, 0.2) is 5.72 Å². The monoisotopic (exact) mass is 765 g/mol. The first kappa shape index (κ1) is 41.5. The molecule has 3 amide bonds. The van der Waals surface area contributed by atoms with Gasteiger partial charge in [0.1, 0.15) is 40.7 Å². The van der Waals surface area contributed by atoms with Crippen LogP contribution in [0.3, 0.4) is 0 Å². The van der Waals surface area contributed by atoms with E-state index in [2.05, 4.69) is 5.32 Å². The van der Waals surface area contributed by atoms with Crippen LogP contribution < -0.4 is 15.0 Å². The fraction of sp³-hybridized carbons (Fsp3) is 0.622. The molecule has 15 heteroatoms. The summed E-state index contributed by atoms with van der Waals surface area (Å²) in [6.45, 7) is 10.6. The molecule has 288 valence electrons. The number of carbonyl (C=O) groups excluding carboxylic acids is 4. The van der Waals surface area contributed by atoms with E-state index in [1.165, 1.54) is 42.8 Å². The van der Waals surface area contributed by atoms with Crippen molar-refractivity contribution in [3.05, 3.63) is 46.5 Å². The average Bonchev–Trinajstić information content (AvgIpc) is 3.79. The second-order valence-corrected chi connectivity index (χ2v) is 16.3. The molecule has 13 nitrogen and oxygen atoms in total. The van der Waals surface area contributed by atoms with Gasteiger partial charge in [-0.15, -0.1) is 11.8 Å². The number of hydrogen-bond donors (Lipinski definition) is 2. The van der Waals surface area contributed by atoms with Crippen LogP contribution in [0.1, 0.15) is 59.9 Å². The lowest BCUT2D eigenvalue weighted by molar-refractivity contribution is -0.162. The van der Waals surface area contributed by atoms with Crippen LogP contribution in [0, 0.1) is 5.92 Å². The number of epoxide rings is 1. The van der Waals surface area contributed by atoms with Crippen molar-refractivity contribution in [3.63, 3.8) is 0 Å². The van der Waals surface area contributed by atoms with E-state index in [9.17, 15) is 24.3 Å². The van der Waals surface area contributed by atoms with Gasteiger partial charge in [-0.1, -0.05) is 42.3 Å². The van der Waals surface area contributed by atoms with E-state index in [1.54, 1.807) is 66.0 Å². The van der Waals surface area contributed by atoms with Gasteiger partial charge < -0.3 is 38.6 Å². The Morgan fingerprint density at radius 2 is 1.92 bits per heavy atom. The molecule has 2 saturated heterocycles. The van der Waals surface area contributed by atoms with Crippen molar-refractivity contribution in [2.45, 2.75) is 107 Å². The Labute approximate surface area is 315 Å². The topological polar surface area (TPSA) is 156 Å². The Morgan fingerprint density at radius 1 is 1.25 bits per heavy atom. The molecule has 8 atom stereocenters. The molecule has 1 aromatic rings. The number of benzene rings is 1. The van der Waals surface area contributed by atoms with Crippen molar-refractivity contribution in [3.8, 4) is 5.75 Å². The lowest BCUT2D eigenvalue weighted by Crippen LogP contribution is -2.63. The number of allylic oxidation sites excluding steroid dienone is 3. The quantitative estimate of drug-likeness (QED) is 0.294. The van der Waals surface area contributed by atoms with Crippen LogP contribution in [0.2, 0.25) is 5.02 Å². The zero-order valence-corrected chi connectivity index (χ0v) is 33.3. The number of esters is 1. The van der Waals surface area contributed by atoms with E-state index in [0.717, 1.165) is 11.1 Å². The number of nitrogens with one attached hydrogen (secondary N) is 1. The van der Waals surface area contributed by atoms with Crippen molar-refractivity contribution in [1.82, 2.24) is 10.2 Å². The van der Waals surface area contributed by atoms with E-state index in [1.807, 2.05) is 19.3 Å². The largest absolute Gasteiger partial charge is 0.495 e. The number of halogens is 1. The first-order chi connectivity index (χ1) is 24.2. The summed E-state index contributed by atoms with van der Waals surface area (Å²) >= 11 is 8.11. The molecule has 3 aliphatic rings. The van der Waals surface area contributed by atoms with Crippen LogP contribution in [0.4, 0.5) is 10.5 Å². The number of likely N-dealkylation sites (N-methyl/N-ethyl adjacent to an activating group) is 1. The third-order valence-electron chi connectivity index (χ3n) is 10.5. The highest BCUT2D eigenvalue weighted by atomic mass is 35.5. The predicted octanol–water partition coefficient (Wildman–Crippen LogP) is 4.66. The highest BCUT2D eigenvalue weighted by molar-refractivity contribution is 8.00. The van der Waals surface area contributed by atoms with Gasteiger partial charge in [0.05, 0.1) is 30.1 Å². The Hall–Kier alpha value is -3.30. The van der Waals surface area contributed by atoms with Gasteiger partial charge in [-0.2, -0.15) is 0 Å². The molecule has 4 rings (SSSR count). The second-order valence-electron chi connectivity index (χ2n) is 14.5. The molecule has 0 spiro atoms. The molecule has 3 aliphatic heterocycles. The number of nitrogens with zero attached hydrogens (tertiary/aromatic N) is 2. The van der Waals surface area contributed by atoms with Gasteiger partial charge in [-0.3, -0.25) is 14.9 Å². The maximum atomic E-state index is 14.1. The van der Waals surface area contributed by atoms with Crippen LogP contribution in [0.25, 0.3) is 0 Å². The van der Waals surface area contributed by atoms with Crippen molar-refractivity contribution >= 4 is 52.9 Å². The number of fused-ring (bicyclic) bond motifs is 5. The van der Waals surface area contributed by atoms with Gasteiger partial charge in [-0.05, 0) is 65.0 Å². The van der Waals surface area contributed by atoms with E-state index in [4.69, 9.17) is 35.3 Å². The van der Waals surface area contributed by atoms with Gasteiger partial charge in [0.2, 0.25) is 11.8 Å². The number of aliphatic hydroxyl groups is 1. The number of thioether (sulfide) groups is 1. The number of hydrogen-bond acceptors (Lipinski definition) is 11. The molecule has 4 bridgehead atoms. The Bertz CT molecular complexity index is 1620. The maximum Gasteiger partial charge on any atom is 0.409 e. The fourth-order valence-electron chi connectivity index (χ4n) is 6.69. The number of alkyl carbamates (subject to hydrolysis) is 1. The standard InChI is InChI=1S/C37H52ClN3O10S/c1-20-13-12-14-27(48-10)37(46)19-26(49-34(45)39-37)21(2)31-36(6,51-31)28(50-32(43)22(3)40(7)33(44)35(4,5)52-11)18-29(42)41(8)24-16-23(15-20)17-25(47-9)30(24)38/h12-14,16-17,21-22,26-28,31,46H,15,18-19H2,1-11H3,(H,39,45). The molecule has 2 fully saturated rings. The highest BCUT2D eigenvalue weighted by Gasteiger charge is 2.64. The molecule has 0 radical (unpaired) electrons. The summed E-state index contributed by atoms with van der Waals surface area (Å²) in [5.74, 6) is -1.57. The van der Waals surface area contributed by atoms with Crippen molar-refractivity contribution in [1.29, 1.82) is 0 Å². The molecule has 2 N–H and O–H groups in total. The zero-order valence-electron chi connectivity index (χ0n) is 31.8. The average molecular weight is 766 g/mol. The second kappa shape index (κ2) is 16.0. The molecule has 8 unspecified atom stereocenters. The maximum absolute atomic E-state index is 14.1. The normalized spacial score (nSPS) is 30.3. The fourth-order valence-corrected chi connectivity index (χ4v) is 7.32. The first-order valence-electron chi connectivity index (χ1n) is 17.1. The van der Waals surface area contributed by atoms with Crippen molar-refractivity contribution < 1.29 is 48.0 Å². The first-order valence-corrected chi connectivity index (χ1v) is 18.7. The van der Waals surface area contributed by atoms with Crippen LogP contribution >= 0.6 is 23.4 Å². The Morgan fingerprint density at radius 3 is 2.54 bits per heavy atom. The van der Waals surface area contributed by atoms with E-state index < -0.39 is 70.4 Å². The lowest BCUT2D eigenvalue weighted by atomic mass is 9.83. The van der Waals surface area contributed by atoms with Gasteiger partial charge in [-0.25, -0.2) is 9.59 Å². The summed E-state index contributed by atoms with van der Waals surface area (Å²) in [5, 5.41) is 14.5. The smallest absolute Gasteiger partial charge is 0.409 e. The highest BCUT2D eigenvalue weighted by Crippen LogP contribution is 2.49. The molecule has 0 aliphatic carbocycles. The molecule has 52 heavy (non-hydrogen) atoms. The van der Waals surface area contributed by atoms with E-state index in [0.29, 0.717) is 17.9 Å². The van der Waals surface area contributed by atoms with Crippen molar-refractivity contribution in [2.24, 2.45) is 5.92 Å². The third-order valence-corrected chi connectivity index (χ3v) is 12.1. The number of carbonyl (C=O) groups is 4. The van der Waals surface area contributed by atoms with Crippen LogP contribution in [-0.2, 0) is 39.8 Å². The Balaban J connectivity index is 1.78. The third kappa shape index (κ3) is 8.57.